The molecule has 1 aliphatic rings. The quantitative estimate of drug-likeness (QED) is 0.776. The number of aryl methyl sites for hydroxylation is 1. The summed E-state index contributed by atoms with van der Waals surface area (Å²) >= 11 is 5.75. The minimum absolute atomic E-state index is 0.151. The first kappa shape index (κ1) is 9.52. The van der Waals surface area contributed by atoms with Gasteiger partial charge in [-0.05, 0) is 19.8 Å². The second-order valence-corrected chi connectivity index (χ2v) is 3.93. The Bertz CT molecular complexity index is 357. The van der Waals surface area contributed by atoms with Crippen molar-refractivity contribution in [2.45, 2.75) is 25.3 Å². The third kappa shape index (κ3) is 1.62. The maximum atomic E-state index is 11.7. The highest BCUT2D eigenvalue weighted by Gasteiger charge is 2.43. The van der Waals surface area contributed by atoms with E-state index in [0.29, 0.717) is 17.2 Å². The van der Waals surface area contributed by atoms with Crippen molar-refractivity contribution in [2.75, 3.05) is 5.88 Å². The van der Waals surface area contributed by atoms with Crippen molar-refractivity contribution in [1.82, 2.24) is 10.5 Å². The van der Waals surface area contributed by atoms with Crippen LogP contribution >= 0.6 is 11.6 Å². The SMILES string of the molecule is Cc1oncc1C(=O)NC1(CCl)CC1. The largest absolute Gasteiger partial charge is 0.361 e. The Morgan fingerprint density at radius 1 is 1.79 bits per heavy atom. The molecule has 0 spiro atoms. The lowest BCUT2D eigenvalue weighted by molar-refractivity contribution is 0.0934. The first-order chi connectivity index (χ1) is 6.67. The molecule has 1 aromatic rings. The van der Waals surface area contributed by atoms with Gasteiger partial charge in [0.05, 0.1) is 11.7 Å². The molecule has 0 aromatic carbocycles. The van der Waals surface area contributed by atoms with E-state index < -0.39 is 0 Å². The molecule has 1 N–H and O–H groups in total. The van der Waals surface area contributed by atoms with Crippen LogP contribution in [-0.4, -0.2) is 22.5 Å². The minimum atomic E-state index is -0.178. The predicted octanol–water partition coefficient (Wildman–Crippen LogP) is 1.48. The van der Waals surface area contributed by atoms with Gasteiger partial charge in [-0.15, -0.1) is 11.6 Å². The number of nitrogens with zero attached hydrogens (tertiary/aromatic N) is 1. The molecule has 1 aromatic heterocycles. The van der Waals surface area contributed by atoms with Gasteiger partial charge in [-0.2, -0.15) is 0 Å². The molecular weight excluding hydrogens is 204 g/mol. The Labute approximate surface area is 86.6 Å². The summed E-state index contributed by atoms with van der Waals surface area (Å²) in [6.07, 6.45) is 3.33. The van der Waals surface area contributed by atoms with Gasteiger partial charge < -0.3 is 9.84 Å². The molecule has 0 bridgehead atoms. The molecule has 14 heavy (non-hydrogen) atoms. The summed E-state index contributed by atoms with van der Waals surface area (Å²) in [6, 6.07) is 0. The van der Waals surface area contributed by atoms with Crippen LogP contribution in [0, 0.1) is 6.92 Å². The Balaban J connectivity index is 2.07. The van der Waals surface area contributed by atoms with Gasteiger partial charge in [-0.1, -0.05) is 5.16 Å². The molecule has 0 unspecified atom stereocenters. The van der Waals surface area contributed by atoms with Crippen molar-refractivity contribution in [3.8, 4) is 0 Å². The average Bonchev–Trinajstić information content (AvgIpc) is 2.80. The van der Waals surface area contributed by atoms with Gasteiger partial charge in [0.15, 0.2) is 0 Å². The summed E-state index contributed by atoms with van der Waals surface area (Å²) in [5, 5.41) is 6.44. The fraction of sp³-hybridized carbons (Fsp3) is 0.556. The number of carbonyl (C=O) groups excluding carboxylic acids is 1. The number of rotatable bonds is 3. The van der Waals surface area contributed by atoms with Gasteiger partial charge in [0.2, 0.25) is 0 Å². The Hall–Kier alpha value is -1.03. The molecule has 5 heteroatoms. The van der Waals surface area contributed by atoms with E-state index in [1.165, 1.54) is 6.20 Å². The molecule has 0 saturated heterocycles. The zero-order valence-electron chi connectivity index (χ0n) is 7.84. The van der Waals surface area contributed by atoms with E-state index in [1.54, 1.807) is 6.92 Å². The lowest BCUT2D eigenvalue weighted by Gasteiger charge is -2.12. The maximum Gasteiger partial charge on any atom is 0.256 e. The van der Waals surface area contributed by atoms with E-state index in [0.717, 1.165) is 12.8 Å². The molecule has 76 valence electrons. The number of hydrogen-bond donors (Lipinski definition) is 1. The van der Waals surface area contributed by atoms with Crippen LogP contribution in [0.15, 0.2) is 10.7 Å². The normalized spacial score (nSPS) is 17.9. The smallest absolute Gasteiger partial charge is 0.256 e. The highest BCUT2D eigenvalue weighted by molar-refractivity contribution is 6.19. The van der Waals surface area contributed by atoms with E-state index in [-0.39, 0.29) is 11.4 Å². The fourth-order valence-corrected chi connectivity index (χ4v) is 1.60. The first-order valence-corrected chi connectivity index (χ1v) is 5.00. The lowest BCUT2D eigenvalue weighted by atomic mass is 10.2. The third-order valence-electron chi connectivity index (χ3n) is 2.48. The summed E-state index contributed by atoms with van der Waals surface area (Å²) in [7, 11) is 0. The Kier molecular flexibility index (Phi) is 2.23. The first-order valence-electron chi connectivity index (χ1n) is 4.47. The average molecular weight is 215 g/mol. The third-order valence-corrected chi connectivity index (χ3v) is 3.00. The lowest BCUT2D eigenvalue weighted by Crippen LogP contribution is -2.38. The number of nitrogens with one attached hydrogen (secondary N) is 1. The van der Waals surface area contributed by atoms with E-state index in [1.807, 2.05) is 0 Å². The summed E-state index contributed by atoms with van der Waals surface area (Å²) in [6.45, 7) is 1.71. The van der Waals surface area contributed by atoms with Crippen molar-refractivity contribution in [2.24, 2.45) is 0 Å². The topological polar surface area (TPSA) is 55.1 Å². The van der Waals surface area contributed by atoms with Crippen LogP contribution in [0.5, 0.6) is 0 Å². The molecule has 2 rings (SSSR count). The molecule has 1 amide bonds. The molecule has 0 aliphatic heterocycles. The molecule has 1 heterocycles. The van der Waals surface area contributed by atoms with Gasteiger partial charge in [0, 0.05) is 5.88 Å². The van der Waals surface area contributed by atoms with Crippen molar-refractivity contribution in [3.05, 3.63) is 17.5 Å². The molecule has 0 radical (unpaired) electrons. The summed E-state index contributed by atoms with van der Waals surface area (Å²) < 4.78 is 4.81. The highest BCUT2D eigenvalue weighted by atomic mass is 35.5. The van der Waals surface area contributed by atoms with Gasteiger partial charge >= 0.3 is 0 Å². The summed E-state index contributed by atoms with van der Waals surface area (Å²) in [4.78, 5) is 11.7. The van der Waals surface area contributed by atoms with Crippen LogP contribution in [0.2, 0.25) is 0 Å². The fourth-order valence-electron chi connectivity index (χ4n) is 1.27. The zero-order chi connectivity index (χ0) is 10.2. The summed E-state index contributed by atoms with van der Waals surface area (Å²) in [5.74, 6) is 0.845. The van der Waals surface area contributed by atoms with Gasteiger partial charge in [-0.25, -0.2) is 0 Å². The molecule has 4 nitrogen and oxygen atoms in total. The number of aromatic nitrogens is 1. The van der Waals surface area contributed by atoms with E-state index in [9.17, 15) is 4.79 Å². The minimum Gasteiger partial charge on any atom is -0.361 e. The van der Waals surface area contributed by atoms with Crippen LogP contribution in [0.4, 0.5) is 0 Å². The summed E-state index contributed by atoms with van der Waals surface area (Å²) in [5.41, 5.74) is 0.309. The Morgan fingerprint density at radius 2 is 2.50 bits per heavy atom. The molecule has 1 aliphatic carbocycles. The number of alkyl halides is 1. The van der Waals surface area contributed by atoms with E-state index >= 15 is 0 Å². The number of carbonyl (C=O) groups is 1. The number of hydrogen-bond acceptors (Lipinski definition) is 3. The van der Waals surface area contributed by atoms with Crippen LogP contribution in [-0.2, 0) is 0 Å². The van der Waals surface area contributed by atoms with Gasteiger partial charge in [-0.3, -0.25) is 4.79 Å². The van der Waals surface area contributed by atoms with Crippen LogP contribution in [0.25, 0.3) is 0 Å². The van der Waals surface area contributed by atoms with Crippen molar-refractivity contribution >= 4 is 17.5 Å². The van der Waals surface area contributed by atoms with E-state index in [2.05, 4.69) is 10.5 Å². The Morgan fingerprint density at radius 3 is 2.93 bits per heavy atom. The zero-order valence-corrected chi connectivity index (χ0v) is 8.60. The van der Waals surface area contributed by atoms with Crippen LogP contribution < -0.4 is 5.32 Å². The second kappa shape index (κ2) is 3.28. The standard InChI is InChI=1S/C9H11ClN2O2/c1-6-7(4-11-14-6)8(13)12-9(5-10)2-3-9/h4H,2-3,5H2,1H3,(H,12,13). The van der Waals surface area contributed by atoms with E-state index in [4.69, 9.17) is 16.1 Å². The number of halogens is 1. The van der Waals surface area contributed by atoms with Gasteiger partial charge in [0.1, 0.15) is 11.3 Å². The van der Waals surface area contributed by atoms with Crippen molar-refractivity contribution in [3.63, 3.8) is 0 Å². The molecular formula is C9H11ClN2O2. The monoisotopic (exact) mass is 214 g/mol. The molecule has 0 atom stereocenters. The highest BCUT2D eigenvalue weighted by Crippen LogP contribution is 2.36. The van der Waals surface area contributed by atoms with Gasteiger partial charge in [0.25, 0.3) is 5.91 Å². The van der Waals surface area contributed by atoms with Crippen LogP contribution in [0.3, 0.4) is 0 Å². The molecule has 1 fully saturated rings. The molecule has 1 saturated carbocycles. The second-order valence-electron chi connectivity index (χ2n) is 3.66. The van der Waals surface area contributed by atoms with Crippen molar-refractivity contribution in [1.29, 1.82) is 0 Å². The van der Waals surface area contributed by atoms with Crippen molar-refractivity contribution < 1.29 is 9.32 Å². The number of amides is 1. The maximum absolute atomic E-state index is 11.7. The predicted molar refractivity (Wildman–Crippen MR) is 51.4 cm³/mol. The van der Waals surface area contributed by atoms with Crippen LogP contribution in [0.1, 0.15) is 29.0 Å².